The number of amides is 1. The van der Waals surface area contributed by atoms with E-state index in [1.165, 1.54) is 11.1 Å². The molecule has 2 N–H and O–H groups in total. The van der Waals surface area contributed by atoms with Crippen LogP contribution in [0.5, 0.6) is 0 Å². The maximum absolute atomic E-state index is 12.7. The molecule has 0 bridgehead atoms. The molecule has 2 aromatic rings. The van der Waals surface area contributed by atoms with Crippen LogP contribution in [0.15, 0.2) is 30.5 Å². The number of fused-ring (bicyclic) bond motifs is 1. The monoisotopic (exact) mass is 338 g/mol. The average Bonchev–Trinajstić information content (AvgIpc) is 2.93. The largest absolute Gasteiger partial charge is 0.316 e. The lowest BCUT2D eigenvalue weighted by molar-refractivity contribution is -0.121. The van der Waals surface area contributed by atoms with Crippen LogP contribution >= 0.6 is 0 Å². The Morgan fingerprint density at radius 3 is 2.92 bits per heavy atom. The summed E-state index contributed by atoms with van der Waals surface area (Å²) in [4.78, 5) is 12.7. The van der Waals surface area contributed by atoms with E-state index >= 15 is 0 Å². The van der Waals surface area contributed by atoms with Gasteiger partial charge in [0.05, 0.1) is 12.2 Å². The minimum atomic E-state index is 0.0163. The summed E-state index contributed by atoms with van der Waals surface area (Å²) < 4.78 is 2.02. The van der Waals surface area contributed by atoms with Crippen LogP contribution in [-0.2, 0) is 11.2 Å². The van der Waals surface area contributed by atoms with Crippen molar-refractivity contribution >= 4 is 11.7 Å². The SMILES string of the molecule is Cc1cnn(C2CCCc3ccccc32)c1NC(=O)C(C)C1CNC1. The summed E-state index contributed by atoms with van der Waals surface area (Å²) in [5.74, 6) is 1.40. The molecular weight excluding hydrogens is 312 g/mol. The summed E-state index contributed by atoms with van der Waals surface area (Å²) >= 11 is 0. The molecule has 5 heteroatoms. The standard InChI is InChI=1S/C20H26N4O/c1-13-10-22-24(18-9-5-7-15-6-3-4-8-17(15)18)19(13)23-20(25)14(2)16-11-21-12-16/h3-4,6,8,10,14,16,18,21H,5,7,9,11-12H2,1-2H3,(H,23,25). The summed E-state index contributed by atoms with van der Waals surface area (Å²) in [5.41, 5.74) is 3.76. The summed E-state index contributed by atoms with van der Waals surface area (Å²) in [6.07, 6.45) is 5.20. The Labute approximate surface area is 148 Å². The highest BCUT2D eigenvalue weighted by molar-refractivity contribution is 5.92. The Bertz CT molecular complexity index is 778. The summed E-state index contributed by atoms with van der Waals surface area (Å²) in [7, 11) is 0. The molecule has 2 atom stereocenters. The average molecular weight is 338 g/mol. The first-order valence-corrected chi connectivity index (χ1v) is 9.28. The van der Waals surface area contributed by atoms with Crippen molar-refractivity contribution in [3.05, 3.63) is 47.2 Å². The summed E-state index contributed by atoms with van der Waals surface area (Å²) in [5, 5.41) is 11.0. The van der Waals surface area contributed by atoms with Crippen molar-refractivity contribution in [3.63, 3.8) is 0 Å². The molecule has 4 rings (SSSR count). The third kappa shape index (κ3) is 2.97. The quantitative estimate of drug-likeness (QED) is 0.901. The molecule has 2 aliphatic rings. The molecule has 5 nitrogen and oxygen atoms in total. The second-order valence-corrected chi connectivity index (χ2v) is 7.42. The highest BCUT2D eigenvalue weighted by Crippen LogP contribution is 2.35. The van der Waals surface area contributed by atoms with E-state index in [1.807, 2.05) is 24.7 Å². The van der Waals surface area contributed by atoms with Gasteiger partial charge >= 0.3 is 0 Å². The lowest BCUT2D eigenvalue weighted by Crippen LogP contribution is -2.48. The summed E-state index contributed by atoms with van der Waals surface area (Å²) in [6, 6.07) is 8.81. The third-order valence-corrected chi connectivity index (χ3v) is 5.79. The fourth-order valence-electron chi connectivity index (χ4n) is 3.93. The van der Waals surface area contributed by atoms with Gasteiger partial charge in [-0.2, -0.15) is 5.10 Å². The third-order valence-electron chi connectivity index (χ3n) is 5.79. The minimum Gasteiger partial charge on any atom is -0.316 e. The van der Waals surface area contributed by atoms with Crippen molar-refractivity contribution < 1.29 is 4.79 Å². The van der Waals surface area contributed by atoms with Gasteiger partial charge in [-0.25, -0.2) is 4.68 Å². The zero-order valence-electron chi connectivity index (χ0n) is 15.0. The first-order valence-electron chi connectivity index (χ1n) is 9.28. The van der Waals surface area contributed by atoms with Crippen molar-refractivity contribution in [2.45, 2.75) is 39.2 Å². The van der Waals surface area contributed by atoms with Gasteiger partial charge in [0.25, 0.3) is 0 Å². The van der Waals surface area contributed by atoms with E-state index in [1.54, 1.807) is 0 Å². The number of benzene rings is 1. The number of hydrogen-bond acceptors (Lipinski definition) is 3. The molecular formula is C20H26N4O. The number of anilines is 1. The number of carbonyl (C=O) groups is 1. The fraction of sp³-hybridized carbons (Fsp3) is 0.500. The van der Waals surface area contributed by atoms with E-state index in [9.17, 15) is 4.79 Å². The highest BCUT2D eigenvalue weighted by atomic mass is 16.2. The molecule has 1 aliphatic heterocycles. The smallest absolute Gasteiger partial charge is 0.228 e. The number of nitrogens with one attached hydrogen (secondary N) is 2. The normalized spacial score (nSPS) is 21.3. The van der Waals surface area contributed by atoms with Gasteiger partial charge in [-0.3, -0.25) is 4.79 Å². The second kappa shape index (κ2) is 6.64. The van der Waals surface area contributed by atoms with Gasteiger partial charge in [0, 0.05) is 11.5 Å². The number of aromatic nitrogens is 2. The van der Waals surface area contributed by atoms with E-state index < -0.39 is 0 Å². The minimum absolute atomic E-state index is 0.0163. The van der Waals surface area contributed by atoms with Crippen LogP contribution in [0.25, 0.3) is 0 Å². The van der Waals surface area contributed by atoms with Gasteiger partial charge in [0.15, 0.2) is 0 Å². The molecule has 1 aromatic heterocycles. The highest BCUT2D eigenvalue weighted by Gasteiger charge is 2.30. The van der Waals surface area contributed by atoms with Crippen LogP contribution < -0.4 is 10.6 Å². The molecule has 1 amide bonds. The molecule has 1 saturated heterocycles. The van der Waals surface area contributed by atoms with Gasteiger partial charge < -0.3 is 10.6 Å². The zero-order valence-corrected chi connectivity index (χ0v) is 15.0. The first kappa shape index (κ1) is 16.3. The molecule has 0 saturated carbocycles. The van der Waals surface area contributed by atoms with Crippen molar-refractivity contribution in [1.82, 2.24) is 15.1 Å². The van der Waals surface area contributed by atoms with E-state index in [0.717, 1.165) is 43.7 Å². The van der Waals surface area contributed by atoms with Crippen LogP contribution in [0.4, 0.5) is 5.82 Å². The Morgan fingerprint density at radius 2 is 2.16 bits per heavy atom. The van der Waals surface area contributed by atoms with Crippen LogP contribution in [0.1, 0.15) is 42.5 Å². The van der Waals surface area contributed by atoms with Crippen molar-refractivity contribution in [1.29, 1.82) is 0 Å². The van der Waals surface area contributed by atoms with E-state index in [4.69, 9.17) is 0 Å². The predicted molar refractivity (Wildman–Crippen MR) is 98.6 cm³/mol. The molecule has 132 valence electrons. The van der Waals surface area contributed by atoms with Crippen molar-refractivity contribution in [3.8, 4) is 0 Å². The van der Waals surface area contributed by atoms with Crippen LogP contribution in [-0.4, -0.2) is 28.8 Å². The molecule has 0 radical (unpaired) electrons. The molecule has 1 aliphatic carbocycles. The fourth-order valence-corrected chi connectivity index (χ4v) is 3.93. The summed E-state index contributed by atoms with van der Waals surface area (Å²) in [6.45, 7) is 5.90. The maximum atomic E-state index is 12.7. The lowest BCUT2D eigenvalue weighted by atomic mass is 9.87. The molecule has 25 heavy (non-hydrogen) atoms. The van der Waals surface area contributed by atoms with Gasteiger partial charge in [0.1, 0.15) is 5.82 Å². The number of carbonyl (C=O) groups excluding carboxylic acids is 1. The molecule has 2 heterocycles. The van der Waals surface area contributed by atoms with Crippen LogP contribution in [0.3, 0.4) is 0 Å². The Balaban J connectivity index is 1.61. The number of aryl methyl sites for hydroxylation is 2. The number of rotatable bonds is 4. The van der Waals surface area contributed by atoms with Crippen LogP contribution in [0.2, 0.25) is 0 Å². The second-order valence-electron chi connectivity index (χ2n) is 7.42. The predicted octanol–water partition coefficient (Wildman–Crippen LogP) is 2.91. The van der Waals surface area contributed by atoms with Crippen molar-refractivity contribution in [2.24, 2.45) is 11.8 Å². The Morgan fingerprint density at radius 1 is 1.36 bits per heavy atom. The number of nitrogens with zero attached hydrogens (tertiary/aromatic N) is 2. The Kier molecular flexibility index (Phi) is 4.34. The van der Waals surface area contributed by atoms with Gasteiger partial charge in [-0.05, 0) is 56.3 Å². The van der Waals surface area contributed by atoms with E-state index in [0.29, 0.717) is 5.92 Å². The molecule has 1 aromatic carbocycles. The lowest BCUT2D eigenvalue weighted by Gasteiger charge is -2.32. The van der Waals surface area contributed by atoms with Gasteiger partial charge in [-0.15, -0.1) is 0 Å². The van der Waals surface area contributed by atoms with Crippen molar-refractivity contribution in [2.75, 3.05) is 18.4 Å². The Hall–Kier alpha value is -2.14. The van der Waals surface area contributed by atoms with Gasteiger partial charge in [0.2, 0.25) is 5.91 Å². The maximum Gasteiger partial charge on any atom is 0.228 e. The van der Waals surface area contributed by atoms with Crippen LogP contribution in [0, 0.1) is 18.8 Å². The molecule has 2 unspecified atom stereocenters. The number of hydrogen-bond donors (Lipinski definition) is 2. The van der Waals surface area contributed by atoms with E-state index in [2.05, 4.69) is 40.0 Å². The zero-order chi connectivity index (χ0) is 17.4. The van der Waals surface area contributed by atoms with E-state index in [-0.39, 0.29) is 17.9 Å². The first-order chi connectivity index (χ1) is 12.1. The molecule has 1 fully saturated rings. The van der Waals surface area contributed by atoms with Gasteiger partial charge in [-0.1, -0.05) is 31.2 Å². The molecule has 0 spiro atoms. The topological polar surface area (TPSA) is 59.0 Å².